The van der Waals surface area contributed by atoms with Crippen molar-refractivity contribution in [3.05, 3.63) is 91.0 Å². The fourth-order valence-corrected chi connectivity index (χ4v) is 12.6. The number of hydrogen-bond donors (Lipinski definition) is 4. The lowest BCUT2D eigenvalue weighted by molar-refractivity contribution is -0.142. The van der Waals surface area contributed by atoms with Crippen molar-refractivity contribution < 1.29 is 49.8 Å². The number of nitrogens with one attached hydrogen (secondary N) is 2. The van der Waals surface area contributed by atoms with Crippen LogP contribution in [0.3, 0.4) is 0 Å². The maximum atomic E-state index is 12.0. The maximum absolute atomic E-state index is 12.0. The van der Waals surface area contributed by atoms with Crippen LogP contribution >= 0.6 is 7.92 Å². The van der Waals surface area contributed by atoms with E-state index in [-0.39, 0.29) is 25.8 Å². The Morgan fingerprint density at radius 3 is 1.34 bits per heavy atom. The average Bonchev–Trinajstić information content (AvgIpc) is 4.11. The van der Waals surface area contributed by atoms with Gasteiger partial charge in [-0.1, -0.05) is 151 Å². The molecule has 4 fully saturated rings. The molecule has 3 aromatic carbocycles. The van der Waals surface area contributed by atoms with Crippen LogP contribution in [-0.4, -0.2) is 115 Å². The molecule has 0 radical (unpaired) electrons. The number of aliphatic hydroxyl groups excluding tert-OH is 1. The van der Waals surface area contributed by atoms with E-state index in [0.717, 1.165) is 80.5 Å². The normalized spacial score (nSPS) is 23.4. The van der Waals surface area contributed by atoms with Crippen LogP contribution in [0.4, 0.5) is 4.79 Å². The number of rotatable bonds is 11. The number of sulfonamides is 2. The number of carbonyl (C=O) groups is 2. The molecule has 1 amide bonds. The Kier molecular flexibility index (Phi) is 30.4. The topological polar surface area (TPSA) is 214 Å². The summed E-state index contributed by atoms with van der Waals surface area (Å²) in [5.41, 5.74) is -0.693. The van der Waals surface area contributed by atoms with E-state index in [1.807, 2.05) is 6.92 Å². The summed E-state index contributed by atoms with van der Waals surface area (Å²) in [4.78, 5) is 22.4. The fourth-order valence-electron chi connectivity index (χ4n) is 9.00. The molecule has 1 saturated heterocycles. The van der Waals surface area contributed by atoms with Crippen LogP contribution in [0.1, 0.15) is 120 Å². The third-order valence-electron chi connectivity index (χ3n) is 13.2. The second-order valence-electron chi connectivity index (χ2n) is 21.0. The molecule has 1 aliphatic heterocycles. The minimum atomic E-state index is -3.59. The molecule has 3 aromatic rings. The fraction of sp³-hybridized carbons (Fsp3) is 0.636. The van der Waals surface area contributed by atoms with Crippen LogP contribution in [0.2, 0.25) is 0 Å². The van der Waals surface area contributed by atoms with Crippen molar-refractivity contribution in [2.45, 2.75) is 132 Å². The summed E-state index contributed by atoms with van der Waals surface area (Å²) < 4.78 is 72.9. The summed E-state index contributed by atoms with van der Waals surface area (Å²) in [5.74, 6) is 2.27. The van der Waals surface area contributed by atoms with Crippen molar-refractivity contribution in [3.8, 4) is 0 Å². The summed E-state index contributed by atoms with van der Waals surface area (Å²) in [6.07, 6.45) is 15.0. The van der Waals surface area contributed by atoms with E-state index in [0.29, 0.717) is 42.9 Å². The van der Waals surface area contributed by atoms with E-state index < -0.39 is 55.5 Å². The Labute approximate surface area is 443 Å². The molecular weight excluding hydrogens is 1010 g/mol. The second kappa shape index (κ2) is 32.9. The molecule has 8 atom stereocenters. The lowest BCUT2D eigenvalue weighted by Gasteiger charge is -2.28. The zero-order valence-electron chi connectivity index (χ0n) is 44.9. The Bertz CT molecular complexity index is 2260. The summed E-state index contributed by atoms with van der Waals surface area (Å²) in [5, 5.41) is 24.8. The van der Waals surface area contributed by atoms with Gasteiger partial charge in [-0.25, -0.2) is 39.1 Å². The van der Waals surface area contributed by atoms with Gasteiger partial charge in [0.1, 0.15) is 15.4 Å². The standard InChI is InChI=1S/C18H15P.C13H25NO4S.C7H16N2O2S.C7H12O2.C7H14O.C2H6O2S.CH4/c1-4-10-16(11-5-1)19(17-12-6-2-7-13-17)18-14-8-3-9-15-18;1-10-7-6-8-11(10)9-14(19(5,16)17)12(15)18-13(2,3)4;1-6-7(3-4-8-6)5-9-12(2,10)11;1-5-3-2-4-6(5)7(8)9;1-6-3-2-4-7(6)5-8;1-5(2,3)4;/h1-15H;10-11H,6-9H2,1-5H3;6-9H,3-5H2,1-2H3;5-6H,2-4H2,1H3,(H,8,9);6-8H,2-5H2,1H3;1-2H3;1H4. The zero-order valence-corrected chi connectivity index (χ0v) is 48.2. The van der Waals surface area contributed by atoms with E-state index in [1.54, 1.807) is 20.8 Å². The van der Waals surface area contributed by atoms with Crippen molar-refractivity contribution in [1.29, 1.82) is 0 Å². The minimum absolute atomic E-state index is 0. The first-order chi connectivity index (χ1) is 33.5. The monoisotopic (exact) mass is 1100 g/mol. The molecule has 14 nitrogen and oxygen atoms in total. The van der Waals surface area contributed by atoms with E-state index >= 15 is 0 Å². The molecule has 7 rings (SSSR count). The highest BCUT2D eigenvalue weighted by Gasteiger charge is 2.34. The van der Waals surface area contributed by atoms with E-state index in [4.69, 9.17) is 14.9 Å². The van der Waals surface area contributed by atoms with Crippen LogP contribution in [0.5, 0.6) is 0 Å². The summed E-state index contributed by atoms with van der Waals surface area (Å²) in [6, 6.07) is 32.8. The molecule has 416 valence electrons. The largest absolute Gasteiger partial charge is 0.481 e. The van der Waals surface area contributed by atoms with Crippen molar-refractivity contribution in [1.82, 2.24) is 14.3 Å². The highest BCUT2D eigenvalue weighted by atomic mass is 32.2. The molecule has 0 bridgehead atoms. The molecule has 4 N–H and O–H groups in total. The van der Waals surface area contributed by atoms with Gasteiger partial charge in [0.05, 0.1) is 18.4 Å². The van der Waals surface area contributed by atoms with Crippen LogP contribution in [0.15, 0.2) is 91.0 Å². The first kappa shape index (κ1) is 67.6. The van der Waals surface area contributed by atoms with Gasteiger partial charge >= 0.3 is 12.1 Å². The number of aliphatic carboxylic acids is 1. The predicted octanol–water partition coefficient (Wildman–Crippen LogP) is 8.82. The Morgan fingerprint density at radius 2 is 1.07 bits per heavy atom. The van der Waals surface area contributed by atoms with Gasteiger partial charge in [-0.2, -0.15) is 0 Å². The highest BCUT2D eigenvalue weighted by Crippen LogP contribution is 2.34. The molecular formula is C55H92N3O11PS3. The van der Waals surface area contributed by atoms with Crippen molar-refractivity contribution >= 4 is 65.8 Å². The molecule has 8 unspecified atom stereocenters. The third-order valence-corrected chi connectivity index (χ3v) is 17.5. The number of aliphatic hydroxyl groups is 1. The van der Waals surface area contributed by atoms with Crippen molar-refractivity contribution in [2.75, 3.05) is 51.3 Å². The Morgan fingerprint density at radius 1 is 0.658 bits per heavy atom. The lowest BCUT2D eigenvalue weighted by atomic mass is 9.98. The van der Waals surface area contributed by atoms with Gasteiger partial charge in [-0.05, 0) is 126 Å². The number of amides is 1. The number of benzene rings is 3. The van der Waals surface area contributed by atoms with Crippen LogP contribution in [0.25, 0.3) is 0 Å². The smallest absolute Gasteiger partial charge is 0.424 e. The van der Waals surface area contributed by atoms with Gasteiger partial charge in [-0.15, -0.1) is 0 Å². The van der Waals surface area contributed by atoms with Gasteiger partial charge in [0.25, 0.3) is 0 Å². The van der Waals surface area contributed by atoms with Gasteiger partial charge in [-0.3, -0.25) is 4.79 Å². The van der Waals surface area contributed by atoms with Gasteiger partial charge in [0.15, 0.2) is 0 Å². The number of nitrogens with zero attached hydrogens (tertiary/aromatic N) is 1. The van der Waals surface area contributed by atoms with Gasteiger partial charge in [0.2, 0.25) is 20.0 Å². The van der Waals surface area contributed by atoms with Crippen LogP contribution < -0.4 is 26.0 Å². The predicted molar refractivity (Wildman–Crippen MR) is 303 cm³/mol. The van der Waals surface area contributed by atoms with Crippen molar-refractivity contribution in [2.24, 2.45) is 41.4 Å². The quantitative estimate of drug-likeness (QED) is 0.133. The minimum Gasteiger partial charge on any atom is -0.481 e. The van der Waals surface area contributed by atoms with Crippen LogP contribution in [-0.2, 0) is 39.4 Å². The molecule has 1 heterocycles. The van der Waals surface area contributed by atoms with Gasteiger partial charge in [0, 0.05) is 38.2 Å². The molecule has 0 spiro atoms. The first-order valence-corrected chi connectivity index (χ1v) is 32.7. The zero-order chi connectivity index (χ0) is 54.3. The Balaban J connectivity index is 0.000000460. The maximum Gasteiger partial charge on any atom is 0.424 e. The number of hydrogen-bond acceptors (Lipinski definition) is 11. The SMILES string of the molecule is C.CC1CCCC1C(=O)O.CC1CCCC1CN(C(=O)OC(C)(C)C)S(C)(=O)=O.CC1CCCC1CO.CC1NCCC1CNS(C)(=O)=O.CS(C)(=O)=O.c1ccc(P(c2ccccc2)c2ccccc2)cc1. The molecule has 18 heteroatoms. The third kappa shape index (κ3) is 28.3. The molecule has 4 aliphatic rings. The highest BCUT2D eigenvalue weighted by molar-refractivity contribution is 7.90. The lowest BCUT2D eigenvalue weighted by Crippen LogP contribution is -2.43. The average molecular weight is 1100 g/mol. The number of carbonyl (C=O) groups excluding carboxylic acids is 1. The summed E-state index contributed by atoms with van der Waals surface area (Å²) >= 11 is 0. The summed E-state index contributed by atoms with van der Waals surface area (Å²) in [6.45, 7) is 15.8. The van der Waals surface area contributed by atoms with Crippen molar-refractivity contribution in [3.63, 3.8) is 0 Å². The molecule has 3 saturated carbocycles. The number of ether oxygens (including phenoxy) is 1. The van der Waals surface area contributed by atoms with E-state index in [1.165, 1.54) is 41.4 Å². The number of sulfone groups is 1. The molecule has 3 aliphatic carbocycles. The number of carboxylic acid groups (broad SMARTS) is 1. The van der Waals surface area contributed by atoms with Crippen LogP contribution in [0, 0.1) is 41.4 Å². The molecule has 73 heavy (non-hydrogen) atoms. The Hall–Kier alpha value is -3.44. The van der Waals surface area contributed by atoms with E-state index in [2.05, 4.69) is 122 Å². The molecule has 0 aromatic heterocycles. The first-order valence-electron chi connectivity index (χ1n) is 25.3. The number of carboxylic acids is 1. The van der Waals surface area contributed by atoms with E-state index in [9.17, 15) is 34.8 Å². The van der Waals surface area contributed by atoms with Gasteiger partial charge < -0.3 is 20.3 Å². The second-order valence-corrected chi connectivity index (χ2v) is 29.3. The summed E-state index contributed by atoms with van der Waals surface area (Å²) in [7, 11) is -9.71.